The molecule has 3 aliphatic heterocycles. The van der Waals surface area contributed by atoms with Crippen molar-refractivity contribution in [2.75, 3.05) is 59.5 Å². The average Bonchev–Trinajstić information content (AvgIpc) is 4.18. The van der Waals surface area contributed by atoms with Crippen molar-refractivity contribution in [2.45, 2.75) is 102 Å². The van der Waals surface area contributed by atoms with Gasteiger partial charge in [-0.05, 0) is 99.3 Å². The highest BCUT2D eigenvalue weighted by Crippen LogP contribution is 2.35. The Morgan fingerprint density at radius 3 is 2.49 bits per heavy atom. The molecule has 1 unspecified atom stereocenters. The standard InChI is InChI=1S/C48H59ClFN9O7S/c1-30(51-2)46(61)53-43(31-7-4-3-5-8-31)47(62)56-20-22-57(23-21-56)48(63)44-42(49)36-25-32(50)10-11-38(36)59(44)28-41(60)58-17-6-9-33(58)29-64-40-26-35(66-54-40)27-55-18-13-34(14-19-55)65-39-12-16-52-37-15-24-67-45(37)39/h10-12,15-16,24-26,30-31,33-34,43,51H,3-9,13-14,17-23,27-29H2,1-2H3,(H,53,61)/t30-,33-,43?/m0/s1. The summed E-state index contributed by atoms with van der Waals surface area (Å²) in [5, 5.41) is 12.6. The normalized spacial score (nSPS) is 19.8. The molecule has 0 spiro atoms. The summed E-state index contributed by atoms with van der Waals surface area (Å²) >= 11 is 8.57. The summed E-state index contributed by atoms with van der Waals surface area (Å²) in [6, 6.07) is 8.51. The number of likely N-dealkylation sites (tertiary alicyclic amines) is 2. The number of carbonyl (C=O) groups is 4. The summed E-state index contributed by atoms with van der Waals surface area (Å²) in [7, 11) is 1.71. The molecule has 2 N–H and O–H groups in total. The molecular weight excluding hydrogens is 901 g/mol. The number of nitrogens with zero attached hydrogens (tertiary/aromatic N) is 7. The van der Waals surface area contributed by atoms with Crippen molar-refractivity contribution in [3.8, 4) is 11.6 Å². The van der Waals surface area contributed by atoms with Gasteiger partial charge in [-0.1, -0.05) is 30.9 Å². The van der Waals surface area contributed by atoms with E-state index in [0.717, 1.165) is 86.8 Å². The van der Waals surface area contributed by atoms with Gasteiger partial charge in [0.1, 0.15) is 42.6 Å². The maximum atomic E-state index is 14.7. The third kappa shape index (κ3) is 10.4. The lowest BCUT2D eigenvalue weighted by Crippen LogP contribution is -2.59. The molecule has 1 saturated carbocycles. The molecule has 67 heavy (non-hydrogen) atoms. The zero-order valence-electron chi connectivity index (χ0n) is 38.1. The van der Waals surface area contributed by atoms with Crippen molar-refractivity contribution < 1.29 is 37.6 Å². The summed E-state index contributed by atoms with van der Waals surface area (Å²) in [6.07, 6.45) is 10.0. The number of carbonyl (C=O) groups excluding carboxylic acids is 4. The first kappa shape index (κ1) is 46.8. The fourth-order valence-electron chi connectivity index (χ4n) is 10.1. The number of hydrogen-bond acceptors (Lipinski definition) is 12. The predicted molar refractivity (Wildman–Crippen MR) is 252 cm³/mol. The summed E-state index contributed by atoms with van der Waals surface area (Å²) < 4.78 is 35.5. The minimum Gasteiger partial charge on any atom is -0.489 e. The lowest BCUT2D eigenvalue weighted by molar-refractivity contribution is -0.140. The minimum absolute atomic E-state index is 0.0428. The zero-order valence-corrected chi connectivity index (χ0v) is 39.7. The molecule has 16 nitrogen and oxygen atoms in total. The van der Waals surface area contributed by atoms with Gasteiger partial charge in [0, 0.05) is 63.5 Å². The van der Waals surface area contributed by atoms with E-state index >= 15 is 0 Å². The molecule has 358 valence electrons. The van der Waals surface area contributed by atoms with E-state index in [2.05, 4.69) is 25.7 Å². The Labute approximate surface area is 398 Å². The highest BCUT2D eigenvalue weighted by Gasteiger charge is 2.38. The Balaban J connectivity index is 0.805. The SMILES string of the molecule is CN[C@@H](C)C(=O)NC(C(=O)N1CCN(C(=O)c2c(Cl)c3cc(F)ccc3n2CC(=O)N2CCC[C@H]2COc2cc(CN3CCC(Oc4ccnc5ccsc45)CC3)on2)CC1)C1CCCCC1. The molecule has 4 aromatic heterocycles. The molecule has 3 atom stereocenters. The number of piperidine rings is 1. The van der Waals surface area contributed by atoms with Crippen molar-refractivity contribution in [1.29, 1.82) is 0 Å². The molecule has 0 bridgehead atoms. The first-order valence-corrected chi connectivity index (χ1v) is 24.9. The molecule has 9 rings (SSSR count). The predicted octanol–water partition coefficient (Wildman–Crippen LogP) is 6.10. The molecule has 1 aromatic carbocycles. The lowest BCUT2D eigenvalue weighted by Gasteiger charge is -2.39. The van der Waals surface area contributed by atoms with Crippen LogP contribution in [-0.4, -0.2) is 142 Å². The molecule has 5 aromatic rings. The van der Waals surface area contributed by atoms with E-state index in [1.54, 1.807) is 62.9 Å². The second-order valence-corrected chi connectivity index (χ2v) is 19.6. The largest absolute Gasteiger partial charge is 0.489 e. The quantitative estimate of drug-likeness (QED) is 0.125. The van der Waals surface area contributed by atoms with Gasteiger partial charge in [0.15, 0.2) is 5.76 Å². The Kier molecular flexibility index (Phi) is 14.6. The third-order valence-electron chi connectivity index (χ3n) is 14.0. The summed E-state index contributed by atoms with van der Waals surface area (Å²) in [5.41, 5.74) is 1.51. The Bertz CT molecular complexity index is 2560. The van der Waals surface area contributed by atoms with Crippen LogP contribution in [0.3, 0.4) is 0 Å². The van der Waals surface area contributed by atoms with E-state index in [-0.39, 0.29) is 85.8 Å². The third-order valence-corrected chi connectivity index (χ3v) is 15.3. The second kappa shape index (κ2) is 20.9. The monoisotopic (exact) mass is 959 g/mol. The summed E-state index contributed by atoms with van der Waals surface area (Å²) in [4.78, 5) is 67.6. The van der Waals surface area contributed by atoms with Crippen LogP contribution in [-0.2, 0) is 27.5 Å². The highest BCUT2D eigenvalue weighted by molar-refractivity contribution is 7.17. The maximum Gasteiger partial charge on any atom is 0.272 e. The number of hydrogen-bond donors (Lipinski definition) is 2. The summed E-state index contributed by atoms with van der Waals surface area (Å²) in [6.45, 7) is 5.53. The first-order chi connectivity index (χ1) is 32.5. The number of aromatic nitrogens is 3. The molecule has 4 fully saturated rings. The van der Waals surface area contributed by atoms with Gasteiger partial charge in [-0.15, -0.1) is 11.3 Å². The first-order valence-electron chi connectivity index (χ1n) is 23.7. The number of benzene rings is 1. The van der Waals surface area contributed by atoms with E-state index in [1.807, 2.05) is 17.5 Å². The molecule has 3 saturated heterocycles. The average molecular weight is 961 g/mol. The van der Waals surface area contributed by atoms with Crippen molar-refractivity contribution >= 4 is 67.7 Å². The molecule has 4 aliphatic rings. The molecule has 0 radical (unpaired) electrons. The smallest absolute Gasteiger partial charge is 0.272 e. The fraction of sp³-hybridized carbons (Fsp3) is 0.542. The van der Waals surface area contributed by atoms with E-state index in [9.17, 15) is 23.6 Å². The molecule has 4 amide bonds. The number of ether oxygens (including phenoxy) is 2. The fourth-order valence-corrected chi connectivity index (χ4v) is 11.2. The number of rotatable bonds is 15. The van der Waals surface area contributed by atoms with Gasteiger partial charge in [0.05, 0.1) is 39.4 Å². The number of nitrogens with one attached hydrogen (secondary N) is 2. The lowest BCUT2D eigenvalue weighted by atomic mass is 9.83. The van der Waals surface area contributed by atoms with Gasteiger partial charge < -0.3 is 43.9 Å². The van der Waals surface area contributed by atoms with Gasteiger partial charge in [0.2, 0.25) is 17.7 Å². The Morgan fingerprint density at radius 2 is 1.72 bits per heavy atom. The van der Waals surface area contributed by atoms with Crippen LogP contribution in [0.5, 0.6) is 11.6 Å². The van der Waals surface area contributed by atoms with Gasteiger partial charge in [-0.25, -0.2) is 4.39 Å². The van der Waals surface area contributed by atoms with Crippen LogP contribution in [0, 0.1) is 11.7 Å². The van der Waals surface area contributed by atoms with Gasteiger partial charge in [-0.3, -0.25) is 29.1 Å². The van der Waals surface area contributed by atoms with E-state index < -0.39 is 23.8 Å². The van der Waals surface area contributed by atoms with Crippen LogP contribution >= 0.6 is 22.9 Å². The molecule has 1 aliphatic carbocycles. The number of amides is 4. The Morgan fingerprint density at radius 1 is 0.940 bits per heavy atom. The van der Waals surface area contributed by atoms with Gasteiger partial charge >= 0.3 is 0 Å². The van der Waals surface area contributed by atoms with Crippen molar-refractivity contribution in [3.05, 3.63) is 70.3 Å². The number of halogens is 2. The number of thiophene rings is 1. The number of fused-ring (bicyclic) bond motifs is 2. The van der Waals surface area contributed by atoms with Crippen molar-refractivity contribution in [1.82, 2.24) is 44.9 Å². The van der Waals surface area contributed by atoms with Crippen LogP contribution < -0.4 is 20.1 Å². The van der Waals surface area contributed by atoms with Gasteiger partial charge in [0.25, 0.3) is 11.8 Å². The molecular formula is C48H59ClFN9O7S. The van der Waals surface area contributed by atoms with Crippen LogP contribution in [0.15, 0.2) is 52.5 Å². The number of pyridine rings is 1. The van der Waals surface area contributed by atoms with Crippen LogP contribution in [0.1, 0.15) is 81.0 Å². The van der Waals surface area contributed by atoms with Crippen LogP contribution in [0.4, 0.5) is 4.39 Å². The second-order valence-electron chi connectivity index (χ2n) is 18.3. The van der Waals surface area contributed by atoms with Crippen molar-refractivity contribution in [2.24, 2.45) is 5.92 Å². The topological polar surface area (TPSA) is 168 Å². The highest BCUT2D eigenvalue weighted by atomic mass is 35.5. The van der Waals surface area contributed by atoms with Crippen molar-refractivity contribution in [3.63, 3.8) is 0 Å². The van der Waals surface area contributed by atoms with Crippen LogP contribution in [0.2, 0.25) is 5.02 Å². The van der Waals surface area contributed by atoms with Crippen LogP contribution in [0.25, 0.3) is 21.1 Å². The van der Waals surface area contributed by atoms with E-state index in [1.165, 1.54) is 12.1 Å². The maximum absolute atomic E-state index is 14.7. The zero-order chi connectivity index (χ0) is 46.6. The minimum atomic E-state index is -0.644. The van der Waals surface area contributed by atoms with E-state index in [0.29, 0.717) is 35.6 Å². The number of likely N-dealkylation sites (N-methyl/N-ethyl adjacent to an activating group) is 1. The number of piperazine rings is 1. The summed E-state index contributed by atoms with van der Waals surface area (Å²) in [5.74, 6) is 0.445. The van der Waals surface area contributed by atoms with E-state index in [4.69, 9.17) is 25.6 Å². The van der Waals surface area contributed by atoms with Gasteiger partial charge in [-0.2, -0.15) is 0 Å². The molecule has 7 heterocycles. The molecule has 19 heteroatoms. The Hall–Kier alpha value is -5.30.